The van der Waals surface area contributed by atoms with Crippen LogP contribution in [-0.2, 0) is 34.1 Å². The van der Waals surface area contributed by atoms with Crippen LogP contribution in [0.3, 0.4) is 0 Å². The zero-order valence-corrected chi connectivity index (χ0v) is 47.4. The monoisotopic (exact) mass is 1240 g/mol. The number of benzene rings is 6. The predicted molar refractivity (Wildman–Crippen MR) is 286 cm³/mol. The summed E-state index contributed by atoms with van der Waals surface area (Å²) in [6.45, 7) is 5.72. The van der Waals surface area contributed by atoms with Crippen molar-refractivity contribution in [2.24, 2.45) is 0 Å². The molecule has 0 bridgehead atoms. The summed E-state index contributed by atoms with van der Waals surface area (Å²) in [5.41, 5.74) is 0. The molecule has 73 heavy (non-hydrogen) atoms. The van der Waals surface area contributed by atoms with Gasteiger partial charge >= 0.3 is 100 Å². The number of hydrogen-bond donors (Lipinski definition) is 0. The summed E-state index contributed by atoms with van der Waals surface area (Å²) >= 11 is 0. The first-order chi connectivity index (χ1) is 32.9. The maximum Gasteiger partial charge on any atom is 1.00 e. The molecule has 0 radical (unpaired) electrons. The zero-order chi connectivity index (χ0) is 54.2. The van der Waals surface area contributed by atoms with Crippen molar-refractivity contribution in [2.75, 3.05) is 24.1 Å². The normalized spacial score (nSPS) is 12.7. The fourth-order valence-electron chi connectivity index (χ4n) is 6.26. The molecule has 0 aliphatic rings. The molecule has 0 aliphatic carbocycles. The molecule has 4 nitrogen and oxygen atoms in total. The summed E-state index contributed by atoms with van der Waals surface area (Å²) in [6.07, 6.45) is 3.98. The third-order valence-corrected chi connectivity index (χ3v) is 23.2. The Balaban J connectivity index is -0.00000146. The number of halogens is 12. The van der Waals surface area contributed by atoms with Gasteiger partial charge in [0.1, 0.15) is 37.1 Å². The van der Waals surface area contributed by atoms with Crippen LogP contribution in [0, 0.1) is 45.3 Å². The molecule has 24 heteroatoms. The van der Waals surface area contributed by atoms with E-state index in [1.165, 1.54) is 58.2 Å². The van der Waals surface area contributed by atoms with Gasteiger partial charge < -0.3 is 0 Å². The van der Waals surface area contributed by atoms with Crippen molar-refractivity contribution < 1.29 is 84.5 Å². The zero-order valence-electron chi connectivity index (χ0n) is 39.7. The fraction of sp³-hybridized carbons (Fsp3) is 0.184. The minimum atomic E-state index is -10.7. The van der Waals surface area contributed by atoms with Crippen LogP contribution in [0.15, 0.2) is 182 Å². The van der Waals surface area contributed by atoms with E-state index in [1.807, 2.05) is 0 Å². The largest absolute Gasteiger partial charge is 1.00 e. The summed E-state index contributed by atoms with van der Waals surface area (Å²) in [5.74, 6) is 2.65. The van der Waals surface area contributed by atoms with Gasteiger partial charge in [0.05, 0.1) is 63.1 Å². The molecule has 0 aromatic heterocycles. The molecular formula is C49H56Cu2F12N4P6+4. The third kappa shape index (κ3) is 44.1. The second kappa shape index (κ2) is 33.9. The molecule has 0 saturated heterocycles. The smallest absolute Gasteiger partial charge is 0.0620 e. The molecule has 6 aromatic carbocycles. The van der Waals surface area contributed by atoms with Crippen LogP contribution in [0.25, 0.3) is 0 Å². The van der Waals surface area contributed by atoms with Gasteiger partial charge in [0.25, 0.3) is 0 Å². The van der Waals surface area contributed by atoms with E-state index >= 15 is 0 Å². The fourth-order valence-corrected chi connectivity index (χ4v) is 22.5. The van der Waals surface area contributed by atoms with Crippen molar-refractivity contribution in [2.45, 2.75) is 34.1 Å². The van der Waals surface area contributed by atoms with Gasteiger partial charge in [0.2, 0.25) is 0 Å². The standard InChI is InChI=1S/C41H40P4.4C2H3N.2Cu.2F6P/c1-7-20-36(21-8-1)42(34-44(38-24-11-3-12-25-38)39-26-13-4-14-27-39)32-19-33-43(37-22-9-2-10-23-37)35-45(40-28-15-5-16-29-40)41-30-17-6-18-31-41;4*1-2-3;;;2*1-7(2,3,4,5)6/h1-18,20-31H,19,32-35H2;4*1H3;;;;/q;;;;;2*+1;2*-1/p+4. The van der Waals surface area contributed by atoms with E-state index in [9.17, 15) is 50.4 Å². The van der Waals surface area contributed by atoms with Crippen LogP contribution in [-0.4, -0.2) is 24.1 Å². The van der Waals surface area contributed by atoms with E-state index in [0.717, 1.165) is 0 Å². The Labute approximate surface area is 446 Å². The molecule has 0 saturated carbocycles. The average Bonchev–Trinajstić information content (AvgIpc) is 3.29. The maximum atomic E-state index is 9.87. The van der Waals surface area contributed by atoms with Gasteiger partial charge in [-0.15, -0.1) is 0 Å². The van der Waals surface area contributed by atoms with Crippen LogP contribution in [0.2, 0.25) is 0 Å². The number of nitrogens with zero attached hydrogens (tertiary/aromatic N) is 4. The molecule has 6 aromatic rings. The Morgan fingerprint density at radius 1 is 0.315 bits per heavy atom. The summed E-state index contributed by atoms with van der Waals surface area (Å²) in [6, 6.07) is 75.5. The Bertz CT molecular complexity index is 2260. The van der Waals surface area contributed by atoms with Crippen LogP contribution in [0.4, 0.5) is 50.4 Å². The summed E-state index contributed by atoms with van der Waals surface area (Å²) < 4.78 is 118. The second-order valence-electron chi connectivity index (χ2n) is 14.4. The van der Waals surface area contributed by atoms with E-state index in [4.69, 9.17) is 21.0 Å². The molecule has 0 N–H and O–H groups in total. The van der Waals surface area contributed by atoms with E-state index in [2.05, 4.69) is 182 Å². The first-order valence-corrected chi connectivity index (χ1v) is 32.3. The maximum absolute atomic E-state index is 10.7. The molecule has 0 amide bonds. The number of nitriles is 4. The molecule has 2 unspecified atom stereocenters. The molecule has 2 atom stereocenters. The first kappa shape index (κ1) is 73.3. The average molecular weight is 1240 g/mol. The predicted octanol–water partition coefficient (Wildman–Crippen LogP) is 17.0. The molecule has 0 fully saturated rings. The van der Waals surface area contributed by atoms with Crippen molar-refractivity contribution in [3.63, 3.8) is 0 Å². The van der Waals surface area contributed by atoms with Gasteiger partial charge in [-0.25, -0.2) is 0 Å². The SMILES string of the molecule is CC#N.CC#N.CC#N.CC#N.F[P-](F)(F)(F)(F)F.F[P-](F)(F)(F)(F)F.[Cu+].[Cu+].c1ccc([PH+](CCC[PH+](C[PH+](c2ccccc2)c2ccccc2)c2ccccc2)C[PH+](c2ccccc2)c2ccccc2)cc1. The first-order valence-electron chi connectivity index (χ1n) is 21.0. The van der Waals surface area contributed by atoms with Gasteiger partial charge in [0, 0.05) is 34.1 Å². The summed E-state index contributed by atoms with van der Waals surface area (Å²) in [4.78, 5) is 0. The number of hydrogen-bond acceptors (Lipinski definition) is 4. The second-order valence-corrected chi connectivity index (χ2v) is 29.8. The van der Waals surface area contributed by atoms with Crippen molar-refractivity contribution in [3.8, 4) is 24.3 Å². The van der Waals surface area contributed by atoms with Crippen molar-refractivity contribution in [3.05, 3.63) is 182 Å². The summed E-state index contributed by atoms with van der Waals surface area (Å²) in [7, 11) is -24.6. The van der Waals surface area contributed by atoms with Gasteiger partial charge in [-0.3, -0.25) is 0 Å². The topological polar surface area (TPSA) is 95.2 Å². The van der Waals surface area contributed by atoms with Crippen molar-refractivity contribution in [1.82, 2.24) is 0 Å². The molecule has 0 heterocycles. The minimum absolute atomic E-state index is 0. The van der Waals surface area contributed by atoms with Gasteiger partial charge in [-0.1, -0.05) is 109 Å². The van der Waals surface area contributed by atoms with Gasteiger partial charge in [-0.05, 0) is 72.8 Å². The van der Waals surface area contributed by atoms with Crippen molar-refractivity contribution >= 4 is 79.1 Å². The van der Waals surface area contributed by atoms with Gasteiger partial charge in [-0.2, -0.15) is 21.0 Å². The van der Waals surface area contributed by atoms with E-state index in [1.54, 1.807) is 56.1 Å². The Morgan fingerprint density at radius 3 is 0.603 bits per heavy atom. The quantitative estimate of drug-likeness (QED) is 0.0617. The molecule has 6 rings (SSSR count). The molecule has 0 aliphatic heterocycles. The number of rotatable bonds is 14. The van der Waals surface area contributed by atoms with Crippen LogP contribution >= 0.6 is 47.3 Å². The van der Waals surface area contributed by atoms with E-state index in [-0.39, 0.29) is 34.1 Å². The molecule has 0 spiro atoms. The Hall–Kier alpha value is -3.94. The molecule has 404 valence electrons. The molecular weight excluding hydrogens is 1190 g/mol. The Kier molecular flexibility index (Phi) is 34.0. The van der Waals surface area contributed by atoms with E-state index < -0.39 is 47.3 Å². The summed E-state index contributed by atoms with van der Waals surface area (Å²) in [5, 5.41) is 38.6. The minimum Gasteiger partial charge on any atom is -0.0620 e. The van der Waals surface area contributed by atoms with Crippen LogP contribution in [0.1, 0.15) is 34.1 Å². The Morgan fingerprint density at radius 2 is 0.452 bits per heavy atom. The van der Waals surface area contributed by atoms with Crippen molar-refractivity contribution in [1.29, 1.82) is 21.0 Å². The van der Waals surface area contributed by atoms with E-state index in [0.29, 0.717) is 0 Å². The van der Waals surface area contributed by atoms with Gasteiger partial charge in [0.15, 0.2) is 11.8 Å². The van der Waals surface area contributed by atoms with Crippen LogP contribution in [0.5, 0.6) is 0 Å². The third-order valence-electron chi connectivity index (χ3n) is 8.59. The van der Waals surface area contributed by atoms with Crippen LogP contribution < -0.4 is 31.8 Å².